The fourth-order valence-corrected chi connectivity index (χ4v) is 2.47. The van der Waals surface area contributed by atoms with E-state index >= 15 is 0 Å². The molecule has 2 rings (SSSR count). The van der Waals surface area contributed by atoms with Crippen LogP contribution in [-0.4, -0.2) is 49.8 Å². The van der Waals surface area contributed by atoms with Crippen molar-refractivity contribution in [2.45, 2.75) is 32.9 Å². The molecule has 0 spiro atoms. The summed E-state index contributed by atoms with van der Waals surface area (Å²) >= 11 is 0. The topological polar surface area (TPSA) is 24.5 Å². The number of ether oxygens (including phenoxy) is 1. The van der Waals surface area contributed by atoms with Gasteiger partial charge in [0.25, 0.3) is 0 Å². The van der Waals surface area contributed by atoms with Gasteiger partial charge in [0.05, 0.1) is 12.7 Å². The molecule has 0 bridgehead atoms. The Morgan fingerprint density at radius 1 is 1.36 bits per heavy atom. The van der Waals surface area contributed by atoms with Crippen molar-refractivity contribution in [2.75, 3.05) is 32.8 Å². The van der Waals surface area contributed by atoms with E-state index in [1.54, 1.807) is 0 Å². The first kappa shape index (κ1) is 10.4. The van der Waals surface area contributed by atoms with Gasteiger partial charge in [0.15, 0.2) is 0 Å². The number of morpholine rings is 1. The third kappa shape index (κ3) is 2.27. The van der Waals surface area contributed by atoms with E-state index in [1.165, 1.54) is 6.54 Å². The van der Waals surface area contributed by atoms with Gasteiger partial charge in [-0.05, 0) is 5.41 Å². The van der Waals surface area contributed by atoms with E-state index in [0.29, 0.717) is 17.6 Å². The van der Waals surface area contributed by atoms with Crippen LogP contribution >= 0.6 is 0 Å². The van der Waals surface area contributed by atoms with Gasteiger partial charge in [0.1, 0.15) is 0 Å². The van der Waals surface area contributed by atoms with Gasteiger partial charge in [0.2, 0.25) is 0 Å². The molecule has 1 N–H and O–H groups in total. The molecular weight excluding hydrogens is 176 g/mol. The van der Waals surface area contributed by atoms with Crippen molar-refractivity contribution in [1.29, 1.82) is 0 Å². The highest BCUT2D eigenvalue weighted by atomic mass is 16.5. The van der Waals surface area contributed by atoms with E-state index in [4.69, 9.17) is 4.74 Å². The molecule has 2 atom stereocenters. The summed E-state index contributed by atoms with van der Waals surface area (Å²) in [5.41, 5.74) is 0.393. The first-order valence-corrected chi connectivity index (χ1v) is 5.63. The van der Waals surface area contributed by atoms with Gasteiger partial charge < -0.3 is 10.1 Å². The van der Waals surface area contributed by atoms with Crippen LogP contribution in [0.5, 0.6) is 0 Å². The third-order valence-corrected chi connectivity index (χ3v) is 2.99. The monoisotopic (exact) mass is 198 g/mol. The van der Waals surface area contributed by atoms with Gasteiger partial charge in [-0.15, -0.1) is 0 Å². The largest absolute Gasteiger partial charge is 0.374 e. The van der Waals surface area contributed by atoms with Gasteiger partial charge in [-0.2, -0.15) is 0 Å². The lowest BCUT2D eigenvalue weighted by molar-refractivity contribution is -0.0561. The first-order chi connectivity index (χ1) is 6.56. The molecule has 82 valence electrons. The SMILES string of the molecule is CC(C)(C)CN1CCOC2CNCC21. The van der Waals surface area contributed by atoms with Gasteiger partial charge in [-0.25, -0.2) is 0 Å². The number of rotatable bonds is 1. The predicted octanol–water partition coefficient (Wildman–Crippen LogP) is 0.705. The molecule has 3 nitrogen and oxygen atoms in total. The molecule has 0 aromatic heterocycles. The van der Waals surface area contributed by atoms with E-state index in [2.05, 4.69) is 31.0 Å². The second-order valence-corrected chi connectivity index (χ2v) is 5.67. The number of hydrogen-bond acceptors (Lipinski definition) is 3. The van der Waals surface area contributed by atoms with E-state index in [-0.39, 0.29) is 0 Å². The Labute approximate surface area is 86.8 Å². The maximum Gasteiger partial charge on any atom is 0.0867 e. The zero-order chi connectivity index (χ0) is 10.2. The molecule has 2 heterocycles. The average Bonchev–Trinajstić information content (AvgIpc) is 2.49. The Hall–Kier alpha value is -0.120. The van der Waals surface area contributed by atoms with Crippen LogP contribution in [0.15, 0.2) is 0 Å². The Balaban J connectivity index is 1.97. The number of nitrogens with one attached hydrogen (secondary N) is 1. The van der Waals surface area contributed by atoms with Crippen LogP contribution in [-0.2, 0) is 4.74 Å². The Kier molecular flexibility index (Phi) is 2.82. The van der Waals surface area contributed by atoms with Crippen molar-refractivity contribution < 1.29 is 4.74 Å². The summed E-state index contributed by atoms with van der Waals surface area (Å²) in [5, 5.41) is 3.41. The molecule has 2 aliphatic rings. The van der Waals surface area contributed by atoms with Crippen molar-refractivity contribution in [3.63, 3.8) is 0 Å². The number of fused-ring (bicyclic) bond motifs is 1. The molecule has 2 unspecified atom stereocenters. The lowest BCUT2D eigenvalue weighted by Gasteiger charge is -2.40. The Morgan fingerprint density at radius 3 is 2.86 bits per heavy atom. The molecule has 2 aliphatic heterocycles. The van der Waals surface area contributed by atoms with Gasteiger partial charge >= 0.3 is 0 Å². The van der Waals surface area contributed by atoms with E-state index in [1.807, 2.05) is 0 Å². The minimum Gasteiger partial charge on any atom is -0.374 e. The normalized spacial score (nSPS) is 34.5. The highest BCUT2D eigenvalue weighted by Gasteiger charge is 2.37. The van der Waals surface area contributed by atoms with Crippen LogP contribution in [0.1, 0.15) is 20.8 Å². The molecule has 3 heteroatoms. The van der Waals surface area contributed by atoms with Crippen LogP contribution in [0.4, 0.5) is 0 Å². The van der Waals surface area contributed by atoms with Crippen molar-refractivity contribution >= 4 is 0 Å². The second-order valence-electron chi connectivity index (χ2n) is 5.67. The summed E-state index contributed by atoms with van der Waals surface area (Å²) < 4.78 is 5.74. The van der Waals surface area contributed by atoms with E-state index < -0.39 is 0 Å². The van der Waals surface area contributed by atoms with E-state index in [9.17, 15) is 0 Å². The maximum atomic E-state index is 5.74. The maximum absolute atomic E-state index is 5.74. The van der Waals surface area contributed by atoms with Crippen molar-refractivity contribution in [1.82, 2.24) is 10.2 Å². The van der Waals surface area contributed by atoms with Crippen LogP contribution in [0.2, 0.25) is 0 Å². The van der Waals surface area contributed by atoms with Gasteiger partial charge in [-0.3, -0.25) is 4.90 Å². The fraction of sp³-hybridized carbons (Fsp3) is 1.00. The van der Waals surface area contributed by atoms with Crippen LogP contribution in [0.3, 0.4) is 0 Å². The van der Waals surface area contributed by atoms with Gasteiger partial charge in [-0.1, -0.05) is 20.8 Å². The lowest BCUT2D eigenvalue weighted by Crippen LogP contribution is -2.52. The molecule has 14 heavy (non-hydrogen) atoms. The van der Waals surface area contributed by atoms with Crippen molar-refractivity contribution in [3.05, 3.63) is 0 Å². The van der Waals surface area contributed by atoms with Crippen LogP contribution < -0.4 is 5.32 Å². The van der Waals surface area contributed by atoms with Crippen molar-refractivity contribution in [3.8, 4) is 0 Å². The Morgan fingerprint density at radius 2 is 2.14 bits per heavy atom. The van der Waals surface area contributed by atoms with Gasteiger partial charge in [0, 0.05) is 32.2 Å². The van der Waals surface area contributed by atoms with Crippen molar-refractivity contribution in [2.24, 2.45) is 5.41 Å². The smallest absolute Gasteiger partial charge is 0.0867 e. The summed E-state index contributed by atoms with van der Waals surface area (Å²) in [5.74, 6) is 0. The first-order valence-electron chi connectivity index (χ1n) is 5.63. The summed E-state index contributed by atoms with van der Waals surface area (Å²) in [6, 6.07) is 0.614. The summed E-state index contributed by atoms with van der Waals surface area (Å²) in [7, 11) is 0. The second kappa shape index (κ2) is 3.80. The molecule has 0 amide bonds. The summed E-state index contributed by atoms with van der Waals surface area (Å²) in [6.45, 7) is 12.2. The standard InChI is InChI=1S/C11H22N2O/c1-11(2,3)8-13-4-5-14-10-7-12-6-9(10)13/h9-10,12H,4-8H2,1-3H3. The Bertz CT molecular complexity index is 200. The fourth-order valence-electron chi connectivity index (χ4n) is 2.47. The number of hydrogen-bond donors (Lipinski definition) is 1. The molecule has 0 aromatic carbocycles. The third-order valence-electron chi connectivity index (χ3n) is 2.99. The molecular formula is C11H22N2O. The zero-order valence-electron chi connectivity index (χ0n) is 9.55. The molecule has 0 saturated carbocycles. The molecule has 0 aromatic rings. The number of nitrogens with zero attached hydrogens (tertiary/aromatic N) is 1. The van der Waals surface area contributed by atoms with Crippen LogP contribution in [0.25, 0.3) is 0 Å². The average molecular weight is 198 g/mol. The predicted molar refractivity (Wildman–Crippen MR) is 57.4 cm³/mol. The zero-order valence-corrected chi connectivity index (χ0v) is 9.55. The highest BCUT2D eigenvalue weighted by Crippen LogP contribution is 2.23. The molecule has 0 radical (unpaired) electrons. The lowest BCUT2D eigenvalue weighted by atomic mass is 9.94. The van der Waals surface area contributed by atoms with E-state index in [0.717, 1.165) is 26.2 Å². The quantitative estimate of drug-likeness (QED) is 0.671. The molecule has 0 aliphatic carbocycles. The molecule has 2 fully saturated rings. The minimum absolute atomic E-state index is 0.393. The summed E-state index contributed by atoms with van der Waals surface area (Å²) in [6.07, 6.45) is 0.436. The highest BCUT2D eigenvalue weighted by molar-refractivity contribution is 4.93. The van der Waals surface area contributed by atoms with Crippen LogP contribution in [0, 0.1) is 5.41 Å². The summed E-state index contributed by atoms with van der Waals surface area (Å²) in [4.78, 5) is 2.59. The molecule has 2 saturated heterocycles. The minimum atomic E-state index is 0.393.